The van der Waals surface area contributed by atoms with E-state index in [4.69, 9.17) is 0 Å². The van der Waals surface area contributed by atoms with Gasteiger partial charge in [0.1, 0.15) is 0 Å². The van der Waals surface area contributed by atoms with Gasteiger partial charge in [0.25, 0.3) is 0 Å². The van der Waals surface area contributed by atoms with E-state index in [-0.39, 0.29) is 41.1 Å². The van der Waals surface area contributed by atoms with Crippen LogP contribution in [-0.4, -0.2) is 5.78 Å². The van der Waals surface area contributed by atoms with Gasteiger partial charge < -0.3 is 5.11 Å². The number of rotatable bonds is 1. The molecular formula is C15H21NaO2. The summed E-state index contributed by atoms with van der Waals surface area (Å²) in [5.41, 5.74) is 0.192. The molecule has 0 spiro atoms. The molecule has 1 aliphatic carbocycles. The molecule has 18 heavy (non-hydrogen) atoms. The Morgan fingerprint density at radius 3 is 1.94 bits per heavy atom. The fraction of sp³-hybridized carbons (Fsp3) is 0.533. The minimum atomic E-state index is -0.457. The zero-order valence-electron chi connectivity index (χ0n) is 12.5. The fourth-order valence-corrected chi connectivity index (χ4v) is 1.62. The van der Waals surface area contributed by atoms with Gasteiger partial charge in [-0.2, -0.15) is 0 Å². The van der Waals surface area contributed by atoms with Crippen LogP contribution in [0.15, 0.2) is 35.1 Å². The van der Waals surface area contributed by atoms with Crippen molar-refractivity contribution in [2.45, 2.75) is 41.5 Å². The summed E-state index contributed by atoms with van der Waals surface area (Å²) in [6.07, 6.45) is 5.26. The van der Waals surface area contributed by atoms with Crippen molar-refractivity contribution in [1.82, 2.24) is 0 Å². The molecule has 0 saturated heterocycles. The summed E-state index contributed by atoms with van der Waals surface area (Å²) in [7, 11) is 0. The van der Waals surface area contributed by atoms with Gasteiger partial charge in [-0.1, -0.05) is 59.8 Å². The molecule has 0 aromatic rings. The Morgan fingerprint density at radius 1 is 1.06 bits per heavy atom. The molecule has 1 aliphatic rings. The number of hydrogen-bond acceptors (Lipinski definition) is 2. The molecule has 0 aromatic carbocycles. The summed E-state index contributed by atoms with van der Waals surface area (Å²) in [5, 5.41) is 12.2. The second kappa shape index (κ2) is 5.77. The van der Waals surface area contributed by atoms with E-state index >= 15 is 0 Å². The first-order chi connectivity index (χ1) is 7.55. The Morgan fingerprint density at radius 2 is 1.56 bits per heavy atom. The van der Waals surface area contributed by atoms with Gasteiger partial charge in [0.05, 0.1) is 0 Å². The van der Waals surface area contributed by atoms with Crippen molar-refractivity contribution >= 4 is 5.78 Å². The summed E-state index contributed by atoms with van der Waals surface area (Å²) in [5.74, 6) is 0.0465. The Bertz CT molecular complexity index is 426. The molecule has 0 fully saturated rings. The number of carbonyl (C=O) groups excluding carboxylic acids is 1. The van der Waals surface area contributed by atoms with Crippen LogP contribution in [0.5, 0.6) is 0 Å². The Balaban J connectivity index is 0.00000289. The maximum Gasteiger partial charge on any atom is 1.00 e. The van der Waals surface area contributed by atoms with Crippen molar-refractivity contribution in [1.29, 1.82) is 0 Å². The largest absolute Gasteiger partial charge is 1.00 e. The van der Waals surface area contributed by atoms with Crippen LogP contribution in [0, 0.1) is 10.8 Å². The standard InChI is InChI=1S/C15H22O2.Na/c1-14(2,3)12(16)10-8-7-9-11(10)13(17)15(4,5)6;/h7-9,16H,1-6H3;/q;+1/p-1/b12-10-;. The first kappa shape index (κ1) is 17.7. The predicted octanol–water partition coefficient (Wildman–Crippen LogP) is -0.238. The van der Waals surface area contributed by atoms with E-state index in [1.54, 1.807) is 18.2 Å². The number of Topliss-reactive ketones (excluding diaryl/α,β-unsaturated/α-hetero) is 1. The number of allylic oxidation sites excluding steroid dienone is 6. The normalized spacial score (nSPS) is 18.2. The average molecular weight is 256 g/mol. The molecule has 1 rings (SSSR count). The van der Waals surface area contributed by atoms with Gasteiger partial charge in [-0.3, -0.25) is 4.79 Å². The second-order valence-electron chi connectivity index (χ2n) is 6.51. The number of carbonyl (C=O) groups is 1. The van der Waals surface area contributed by atoms with Crippen LogP contribution >= 0.6 is 0 Å². The maximum absolute atomic E-state index is 12.2. The summed E-state index contributed by atoms with van der Waals surface area (Å²) >= 11 is 0. The predicted molar refractivity (Wildman–Crippen MR) is 68.2 cm³/mol. The van der Waals surface area contributed by atoms with Gasteiger partial charge in [-0.15, -0.1) is 5.76 Å². The molecule has 0 unspecified atom stereocenters. The molecule has 0 saturated carbocycles. The quantitative estimate of drug-likeness (QED) is 0.480. The van der Waals surface area contributed by atoms with Crippen molar-refractivity contribution in [2.24, 2.45) is 10.8 Å². The van der Waals surface area contributed by atoms with E-state index in [1.165, 1.54) is 0 Å². The SMILES string of the molecule is CC(C)(C)C(=O)C1=CC=C/C1=C(/[O-])C(C)(C)C.[Na+]. The van der Waals surface area contributed by atoms with Gasteiger partial charge in [-0.05, 0) is 11.0 Å². The van der Waals surface area contributed by atoms with Crippen LogP contribution < -0.4 is 34.7 Å². The molecule has 0 N–H and O–H groups in total. The molecule has 94 valence electrons. The molecule has 0 aromatic heterocycles. The first-order valence-corrected chi connectivity index (χ1v) is 5.90. The van der Waals surface area contributed by atoms with Crippen LogP contribution in [0.3, 0.4) is 0 Å². The average Bonchev–Trinajstić information content (AvgIpc) is 2.60. The smallest absolute Gasteiger partial charge is 0.875 e. The Kier molecular flexibility index (Phi) is 5.67. The maximum atomic E-state index is 12.2. The summed E-state index contributed by atoms with van der Waals surface area (Å²) in [6.45, 7) is 11.2. The summed E-state index contributed by atoms with van der Waals surface area (Å²) in [4.78, 5) is 12.2. The monoisotopic (exact) mass is 256 g/mol. The molecule has 3 heteroatoms. The van der Waals surface area contributed by atoms with Crippen LogP contribution in [0.1, 0.15) is 41.5 Å². The van der Waals surface area contributed by atoms with Crippen LogP contribution in [0.4, 0.5) is 0 Å². The third kappa shape index (κ3) is 3.84. The zero-order valence-corrected chi connectivity index (χ0v) is 14.5. The van der Waals surface area contributed by atoms with E-state index in [1.807, 2.05) is 41.5 Å². The molecule has 0 atom stereocenters. The van der Waals surface area contributed by atoms with Gasteiger partial charge in [0, 0.05) is 11.0 Å². The molecule has 0 bridgehead atoms. The minimum absolute atomic E-state index is 0. The van der Waals surface area contributed by atoms with Crippen molar-refractivity contribution in [3.63, 3.8) is 0 Å². The Hall–Kier alpha value is -0.310. The molecule has 2 nitrogen and oxygen atoms in total. The van der Waals surface area contributed by atoms with Gasteiger partial charge in [-0.25, -0.2) is 0 Å². The first-order valence-electron chi connectivity index (χ1n) is 5.90. The Labute approximate surface area is 132 Å². The van der Waals surface area contributed by atoms with E-state index in [9.17, 15) is 9.90 Å². The second-order valence-corrected chi connectivity index (χ2v) is 6.51. The van der Waals surface area contributed by atoms with Crippen molar-refractivity contribution in [2.75, 3.05) is 0 Å². The van der Waals surface area contributed by atoms with E-state index in [0.29, 0.717) is 11.1 Å². The molecule has 0 aliphatic heterocycles. The minimum Gasteiger partial charge on any atom is -0.875 e. The van der Waals surface area contributed by atoms with Crippen molar-refractivity contribution < 1.29 is 39.5 Å². The van der Waals surface area contributed by atoms with Crippen LogP contribution in [-0.2, 0) is 4.79 Å². The third-order valence-electron chi connectivity index (χ3n) is 2.67. The molecular weight excluding hydrogens is 235 g/mol. The van der Waals surface area contributed by atoms with Gasteiger partial charge in [0.2, 0.25) is 0 Å². The topological polar surface area (TPSA) is 40.1 Å². The summed E-state index contributed by atoms with van der Waals surface area (Å²) < 4.78 is 0. The molecule has 0 amide bonds. The van der Waals surface area contributed by atoms with Crippen LogP contribution in [0.2, 0.25) is 0 Å². The van der Waals surface area contributed by atoms with Crippen molar-refractivity contribution in [3.8, 4) is 0 Å². The van der Waals surface area contributed by atoms with E-state index < -0.39 is 10.8 Å². The third-order valence-corrected chi connectivity index (χ3v) is 2.67. The van der Waals surface area contributed by atoms with E-state index in [0.717, 1.165) is 0 Å². The fourth-order valence-electron chi connectivity index (χ4n) is 1.62. The molecule has 0 radical (unpaired) electrons. The van der Waals surface area contributed by atoms with Gasteiger partial charge >= 0.3 is 29.6 Å². The number of hydrogen-bond donors (Lipinski definition) is 0. The van der Waals surface area contributed by atoms with Crippen molar-refractivity contribution in [3.05, 3.63) is 35.1 Å². The molecule has 0 heterocycles. The zero-order chi connectivity index (χ0) is 13.4. The summed E-state index contributed by atoms with van der Waals surface area (Å²) in [6, 6.07) is 0. The van der Waals surface area contributed by atoms with Crippen LogP contribution in [0.25, 0.3) is 0 Å². The number of ketones is 1. The van der Waals surface area contributed by atoms with E-state index in [2.05, 4.69) is 0 Å². The van der Waals surface area contributed by atoms with Gasteiger partial charge in [0.15, 0.2) is 5.78 Å².